The van der Waals surface area contributed by atoms with E-state index in [2.05, 4.69) is 10.3 Å². The van der Waals surface area contributed by atoms with Crippen molar-refractivity contribution in [1.29, 1.82) is 0 Å². The smallest absolute Gasteiger partial charge is 0.333 e. The van der Waals surface area contributed by atoms with Gasteiger partial charge < -0.3 is 24.3 Å². The first-order chi connectivity index (χ1) is 20.1. The maximum Gasteiger partial charge on any atom is 0.333 e. The van der Waals surface area contributed by atoms with E-state index in [4.69, 9.17) is 24.0 Å². The van der Waals surface area contributed by atoms with Crippen LogP contribution in [0.5, 0.6) is 0 Å². The molecular weight excluding hydrogens is 544 g/mol. The van der Waals surface area contributed by atoms with Crippen molar-refractivity contribution in [3.63, 3.8) is 0 Å². The molecule has 4 rings (SSSR count). The molecule has 0 atom stereocenters. The van der Waals surface area contributed by atoms with Gasteiger partial charge in [0, 0.05) is 35.5 Å². The summed E-state index contributed by atoms with van der Waals surface area (Å²) in [5.41, 5.74) is 2.86. The van der Waals surface area contributed by atoms with E-state index in [1.54, 1.807) is 31.1 Å². The molecule has 2 aromatic carbocycles. The van der Waals surface area contributed by atoms with Crippen molar-refractivity contribution in [2.75, 3.05) is 47.2 Å². The highest BCUT2D eigenvalue weighted by Crippen LogP contribution is 2.33. The second-order valence-corrected chi connectivity index (χ2v) is 9.75. The number of aromatic nitrogens is 3. The van der Waals surface area contributed by atoms with Gasteiger partial charge in [0.15, 0.2) is 6.73 Å². The molecule has 0 aliphatic carbocycles. The number of nitrogens with one attached hydrogen (secondary N) is 1. The number of ether oxygens (including phenoxy) is 4. The highest BCUT2D eigenvalue weighted by atomic mass is 32.2. The summed E-state index contributed by atoms with van der Waals surface area (Å²) in [6.07, 6.45) is 5.48. The molecule has 0 saturated heterocycles. The van der Waals surface area contributed by atoms with Crippen LogP contribution in [0.15, 0.2) is 76.7 Å². The Morgan fingerprint density at radius 3 is 2.59 bits per heavy atom. The number of carbonyl (C=O) groups is 2. The molecule has 4 aromatic rings. The molecule has 10 nitrogen and oxygen atoms in total. The number of carbonyl (C=O) groups excluding carboxylic acids is 2. The van der Waals surface area contributed by atoms with Crippen LogP contribution < -0.4 is 5.32 Å². The van der Waals surface area contributed by atoms with Crippen LogP contribution in [0, 0.1) is 0 Å². The molecule has 0 spiro atoms. The molecule has 1 N–H and O–H groups in total. The van der Waals surface area contributed by atoms with Crippen molar-refractivity contribution in [1.82, 2.24) is 20.1 Å². The minimum Gasteiger partial charge on any atom is -0.441 e. The van der Waals surface area contributed by atoms with Gasteiger partial charge in [0.25, 0.3) is 5.91 Å². The van der Waals surface area contributed by atoms with Gasteiger partial charge in [-0.3, -0.25) is 9.78 Å². The number of esters is 1. The zero-order valence-corrected chi connectivity index (χ0v) is 23.8. The Morgan fingerprint density at radius 2 is 1.78 bits per heavy atom. The largest absolute Gasteiger partial charge is 0.441 e. The number of pyridine rings is 1. The van der Waals surface area contributed by atoms with Gasteiger partial charge >= 0.3 is 5.97 Å². The van der Waals surface area contributed by atoms with Crippen molar-refractivity contribution in [2.45, 2.75) is 16.5 Å². The predicted octanol–water partition coefficient (Wildman–Crippen LogP) is 4.29. The minimum absolute atomic E-state index is 0.0938. The van der Waals surface area contributed by atoms with Gasteiger partial charge in [-0.25, -0.2) is 9.48 Å². The molecule has 0 aliphatic heterocycles. The van der Waals surface area contributed by atoms with E-state index in [0.717, 1.165) is 26.4 Å². The fraction of sp³-hybridized carbons (Fsp3) is 0.267. The summed E-state index contributed by atoms with van der Waals surface area (Å²) in [5, 5.41) is 8.26. The lowest BCUT2D eigenvalue weighted by atomic mass is 10.2. The van der Waals surface area contributed by atoms with Crippen LogP contribution in [0.4, 0.5) is 0 Å². The lowest BCUT2D eigenvalue weighted by Crippen LogP contribution is -2.18. The summed E-state index contributed by atoms with van der Waals surface area (Å²) in [4.78, 5) is 30.7. The monoisotopic (exact) mass is 576 g/mol. The third-order valence-electron chi connectivity index (χ3n) is 5.81. The van der Waals surface area contributed by atoms with Crippen molar-refractivity contribution >= 4 is 46.7 Å². The van der Waals surface area contributed by atoms with Gasteiger partial charge in [-0.1, -0.05) is 30.0 Å². The molecule has 0 fully saturated rings. The summed E-state index contributed by atoms with van der Waals surface area (Å²) < 4.78 is 22.7. The molecule has 0 bridgehead atoms. The number of nitrogens with zero attached hydrogens (tertiary/aromatic N) is 3. The Hall–Kier alpha value is -4.03. The number of hydrogen-bond acceptors (Lipinski definition) is 9. The Kier molecular flexibility index (Phi) is 11.4. The number of hydrogen-bond donors (Lipinski definition) is 1. The van der Waals surface area contributed by atoms with E-state index in [-0.39, 0.29) is 25.9 Å². The topological polar surface area (TPSA) is 114 Å². The van der Waals surface area contributed by atoms with Crippen LogP contribution in [0.25, 0.3) is 23.1 Å². The maximum absolute atomic E-state index is 12.4. The first-order valence-corrected chi connectivity index (χ1v) is 13.8. The highest BCUT2D eigenvalue weighted by Gasteiger charge is 2.15. The highest BCUT2D eigenvalue weighted by molar-refractivity contribution is 7.99. The summed E-state index contributed by atoms with van der Waals surface area (Å²) in [6, 6.07) is 19.0. The van der Waals surface area contributed by atoms with Crippen LogP contribution in [0.3, 0.4) is 0 Å². The van der Waals surface area contributed by atoms with Crippen LogP contribution >= 0.6 is 11.8 Å². The number of methoxy groups -OCH3 is 1. The van der Waals surface area contributed by atoms with E-state index in [1.165, 1.54) is 11.8 Å². The number of benzene rings is 2. The summed E-state index contributed by atoms with van der Waals surface area (Å²) in [5.74, 6) is -0.669. The zero-order chi connectivity index (χ0) is 28.9. The third kappa shape index (κ3) is 8.73. The van der Waals surface area contributed by atoms with Gasteiger partial charge in [0.05, 0.1) is 48.9 Å². The molecule has 2 aromatic heterocycles. The Morgan fingerprint density at radius 1 is 0.976 bits per heavy atom. The first kappa shape index (κ1) is 29.9. The SMILES string of the molecule is CNC(=O)c1ccccc1Sc1ccc2c(/C=C/c3ccccn3)nn(COC(=O)COCCOCCOC)c2c1. The molecule has 0 aliphatic rings. The first-order valence-electron chi connectivity index (χ1n) is 13.0. The minimum atomic E-state index is -0.513. The van der Waals surface area contributed by atoms with Crippen LogP contribution in [-0.4, -0.2) is 73.8 Å². The van der Waals surface area contributed by atoms with Crippen molar-refractivity contribution in [3.05, 3.63) is 83.8 Å². The summed E-state index contributed by atoms with van der Waals surface area (Å²) in [6.45, 7) is 1.30. The van der Waals surface area contributed by atoms with Crippen LogP contribution in [0.2, 0.25) is 0 Å². The summed E-state index contributed by atoms with van der Waals surface area (Å²) in [7, 11) is 3.21. The number of rotatable bonds is 15. The van der Waals surface area contributed by atoms with Gasteiger partial charge in [0.2, 0.25) is 0 Å². The Labute approximate surface area is 242 Å². The molecule has 0 saturated carbocycles. The van der Waals surface area contributed by atoms with E-state index < -0.39 is 5.97 Å². The second kappa shape index (κ2) is 15.7. The molecule has 1 amide bonds. The standard InChI is InChI=1S/C30H32N4O6S/c1-31-30(36)25-8-3-4-9-28(25)41-23-11-12-24-26(13-10-22-7-5-6-14-32-22)33-34(27(24)19-23)21-40-29(35)20-39-18-17-38-16-15-37-2/h3-14,19H,15-18,20-21H2,1-2H3,(H,31,36)/b13-10+. The quantitative estimate of drug-likeness (QED) is 0.164. The zero-order valence-electron chi connectivity index (χ0n) is 22.9. The molecule has 2 heterocycles. The summed E-state index contributed by atoms with van der Waals surface area (Å²) >= 11 is 1.47. The average molecular weight is 577 g/mol. The Balaban J connectivity index is 1.51. The van der Waals surface area contributed by atoms with Gasteiger partial charge in [-0.05, 0) is 54.6 Å². The maximum atomic E-state index is 12.4. The third-order valence-corrected chi connectivity index (χ3v) is 6.88. The number of fused-ring (bicyclic) bond motifs is 1. The molecule has 41 heavy (non-hydrogen) atoms. The molecule has 0 radical (unpaired) electrons. The predicted molar refractivity (Wildman–Crippen MR) is 156 cm³/mol. The van der Waals surface area contributed by atoms with Crippen molar-refractivity contribution in [3.8, 4) is 0 Å². The van der Waals surface area contributed by atoms with E-state index in [0.29, 0.717) is 31.1 Å². The van der Waals surface area contributed by atoms with Crippen LogP contribution in [-0.2, 0) is 30.5 Å². The lowest BCUT2D eigenvalue weighted by molar-refractivity contribution is -0.153. The molecule has 11 heteroatoms. The van der Waals surface area contributed by atoms with E-state index in [9.17, 15) is 9.59 Å². The normalized spacial score (nSPS) is 11.3. The van der Waals surface area contributed by atoms with Gasteiger partial charge in [0.1, 0.15) is 6.61 Å². The van der Waals surface area contributed by atoms with Crippen LogP contribution in [0.1, 0.15) is 21.7 Å². The number of amides is 1. The molecule has 214 valence electrons. The molecule has 0 unspecified atom stereocenters. The lowest BCUT2D eigenvalue weighted by Gasteiger charge is -2.09. The van der Waals surface area contributed by atoms with E-state index in [1.807, 2.05) is 66.7 Å². The fourth-order valence-electron chi connectivity index (χ4n) is 3.80. The fourth-order valence-corrected chi connectivity index (χ4v) is 4.78. The van der Waals surface area contributed by atoms with Crippen molar-refractivity contribution < 1.29 is 28.5 Å². The Bertz CT molecular complexity index is 1470. The molecular formula is C30H32N4O6S. The van der Waals surface area contributed by atoms with E-state index >= 15 is 0 Å². The van der Waals surface area contributed by atoms with Gasteiger partial charge in [-0.2, -0.15) is 5.10 Å². The van der Waals surface area contributed by atoms with Gasteiger partial charge in [-0.15, -0.1) is 0 Å². The second-order valence-electron chi connectivity index (χ2n) is 8.63. The van der Waals surface area contributed by atoms with Crippen molar-refractivity contribution in [2.24, 2.45) is 0 Å². The average Bonchev–Trinajstić information content (AvgIpc) is 3.35.